The lowest BCUT2D eigenvalue weighted by Gasteiger charge is -2.47. The third-order valence-electron chi connectivity index (χ3n) is 8.52. The molecule has 4 aliphatic heterocycles. The maximum absolute atomic E-state index is 15.1. The molecule has 0 radical (unpaired) electrons. The second-order valence-corrected chi connectivity index (χ2v) is 10.5. The van der Waals surface area contributed by atoms with Crippen LogP contribution < -0.4 is 15.5 Å². The van der Waals surface area contributed by atoms with Crippen LogP contribution in [0, 0.1) is 23.1 Å². The summed E-state index contributed by atoms with van der Waals surface area (Å²) in [6.45, 7) is 3.68. The first-order valence-corrected chi connectivity index (χ1v) is 12.4. The Morgan fingerprint density at radius 1 is 1.21 bits per heavy atom. The van der Waals surface area contributed by atoms with Crippen LogP contribution in [0.25, 0.3) is 0 Å². The number of halogens is 1. The summed E-state index contributed by atoms with van der Waals surface area (Å²) in [4.78, 5) is 17.6. The van der Waals surface area contributed by atoms with E-state index in [4.69, 9.17) is 4.74 Å². The fraction of sp³-hybridized carbons (Fsp3) is 0.680. The van der Waals surface area contributed by atoms with Crippen LogP contribution in [0.1, 0.15) is 37.7 Å². The van der Waals surface area contributed by atoms with Crippen LogP contribution in [-0.2, 0) is 16.0 Å². The molecule has 2 unspecified atom stereocenters. The Balaban J connectivity index is 1.10. The van der Waals surface area contributed by atoms with Gasteiger partial charge in [0, 0.05) is 43.3 Å². The van der Waals surface area contributed by atoms with Crippen molar-refractivity contribution in [3.63, 3.8) is 0 Å². The molecule has 8 heteroatoms. The summed E-state index contributed by atoms with van der Waals surface area (Å²) in [7, 11) is 0. The first-order valence-electron chi connectivity index (χ1n) is 12.4. The van der Waals surface area contributed by atoms with Crippen molar-refractivity contribution < 1.29 is 13.9 Å². The third-order valence-corrected chi connectivity index (χ3v) is 8.52. The number of anilines is 1. The summed E-state index contributed by atoms with van der Waals surface area (Å²) in [5.41, 5.74) is 1.40. The number of hydrogen-bond acceptors (Lipinski definition) is 6. The van der Waals surface area contributed by atoms with Crippen molar-refractivity contribution in [2.45, 2.75) is 74.8 Å². The normalized spacial score (nSPS) is 34.2. The van der Waals surface area contributed by atoms with Gasteiger partial charge in [-0.25, -0.2) is 4.39 Å². The molecule has 0 aromatic heterocycles. The molecule has 33 heavy (non-hydrogen) atoms. The molecule has 6 rings (SSSR count). The van der Waals surface area contributed by atoms with Gasteiger partial charge in [-0.05, 0) is 55.7 Å². The monoisotopic (exact) mass is 453 g/mol. The van der Waals surface area contributed by atoms with Crippen molar-refractivity contribution in [2.24, 2.45) is 5.92 Å². The Bertz CT molecular complexity index is 949. The number of benzene rings is 1. The van der Waals surface area contributed by atoms with E-state index in [-0.39, 0.29) is 24.2 Å². The number of carbonyl (C=O) groups excluding carboxylic acids is 1. The zero-order valence-electron chi connectivity index (χ0n) is 18.9. The number of rotatable bonds is 6. The average Bonchev–Trinajstić information content (AvgIpc) is 3.47. The molecule has 2 N–H and O–H groups in total. The molecule has 4 saturated heterocycles. The second kappa shape index (κ2) is 8.53. The van der Waals surface area contributed by atoms with Crippen LogP contribution in [0.3, 0.4) is 0 Å². The standard InChI is InChI=1S/C25H32FN5O2/c26-23-9-19(31-20-5-6-21(31)12-30(11-20)22-13-33-14-22)4-2-15(23)7-18(10-27)29-25(32)24-16-1-3-17(8-16)28-24/h2,4,9,16-18,20-22,24,28H,1,3,5-8,11-14H2,(H,29,32)/t16-,17+,18-,20?,21?,24-/m0/s1. The van der Waals surface area contributed by atoms with Crippen LogP contribution in [-0.4, -0.2) is 73.4 Å². The summed E-state index contributed by atoms with van der Waals surface area (Å²) >= 11 is 0. The highest BCUT2D eigenvalue weighted by Gasteiger charge is 2.44. The van der Waals surface area contributed by atoms with Crippen LogP contribution in [0.15, 0.2) is 18.2 Å². The Labute approximate surface area is 194 Å². The fourth-order valence-corrected chi connectivity index (χ4v) is 6.71. The minimum atomic E-state index is -0.733. The number of ether oxygens (including phenoxy) is 1. The Hall–Kier alpha value is -2.21. The first kappa shape index (κ1) is 21.3. The zero-order valence-corrected chi connectivity index (χ0v) is 18.9. The number of fused-ring (bicyclic) bond motifs is 4. The van der Waals surface area contributed by atoms with Crippen LogP contribution >= 0.6 is 0 Å². The molecule has 1 aromatic rings. The van der Waals surface area contributed by atoms with Crippen LogP contribution in [0.5, 0.6) is 0 Å². The van der Waals surface area contributed by atoms with Crippen molar-refractivity contribution in [2.75, 3.05) is 31.2 Å². The number of hydrogen-bond donors (Lipinski definition) is 2. The number of amides is 1. The van der Waals surface area contributed by atoms with Gasteiger partial charge in [0.1, 0.15) is 11.9 Å². The topological polar surface area (TPSA) is 80.6 Å². The van der Waals surface area contributed by atoms with E-state index < -0.39 is 6.04 Å². The van der Waals surface area contributed by atoms with Crippen molar-refractivity contribution in [1.29, 1.82) is 5.26 Å². The highest BCUT2D eigenvalue weighted by atomic mass is 19.1. The van der Waals surface area contributed by atoms with Crippen LogP contribution in [0.4, 0.5) is 10.1 Å². The zero-order chi connectivity index (χ0) is 22.5. The molecular formula is C25H32FN5O2. The number of nitrogens with one attached hydrogen (secondary N) is 2. The summed E-state index contributed by atoms with van der Waals surface area (Å²) in [6.07, 6.45) is 5.68. The lowest BCUT2D eigenvalue weighted by Crippen LogP contribution is -2.60. The van der Waals surface area contributed by atoms with Crippen molar-refractivity contribution in [3.05, 3.63) is 29.6 Å². The lowest BCUT2D eigenvalue weighted by atomic mass is 9.98. The minimum Gasteiger partial charge on any atom is -0.378 e. The number of piperazine rings is 1. The molecule has 0 spiro atoms. The molecule has 1 amide bonds. The molecular weight excluding hydrogens is 421 g/mol. The average molecular weight is 454 g/mol. The molecule has 1 aliphatic carbocycles. The van der Waals surface area contributed by atoms with Gasteiger partial charge in [-0.2, -0.15) is 5.26 Å². The predicted molar refractivity (Wildman–Crippen MR) is 121 cm³/mol. The maximum Gasteiger partial charge on any atom is 0.238 e. The van der Waals surface area contributed by atoms with Gasteiger partial charge < -0.3 is 20.3 Å². The Morgan fingerprint density at radius 2 is 2.00 bits per heavy atom. The first-order chi connectivity index (χ1) is 16.1. The smallest absolute Gasteiger partial charge is 0.238 e. The number of carbonyl (C=O) groups is 1. The number of likely N-dealkylation sites (tertiary alicyclic amines) is 1. The molecule has 6 atom stereocenters. The number of piperidine rings is 1. The molecule has 5 aliphatic rings. The third kappa shape index (κ3) is 3.90. The van der Waals surface area contributed by atoms with Gasteiger partial charge in [0.2, 0.25) is 5.91 Å². The Morgan fingerprint density at radius 3 is 2.58 bits per heavy atom. The van der Waals surface area contributed by atoms with E-state index in [1.54, 1.807) is 12.1 Å². The Kier molecular flexibility index (Phi) is 5.52. The minimum absolute atomic E-state index is 0.128. The molecule has 1 saturated carbocycles. The van der Waals surface area contributed by atoms with Gasteiger partial charge >= 0.3 is 0 Å². The summed E-state index contributed by atoms with van der Waals surface area (Å²) in [5, 5.41) is 15.8. The molecule has 7 nitrogen and oxygen atoms in total. The van der Waals surface area contributed by atoms with E-state index in [9.17, 15) is 10.1 Å². The fourth-order valence-electron chi connectivity index (χ4n) is 6.71. The highest BCUT2D eigenvalue weighted by Crippen LogP contribution is 2.37. The summed E-state index contributed by atoms with van der Waals surface area (Å²) < 4.78 is 20.5. The van der Waals surface area contributed by atoms with E-state index in [0.717, 1.165) is 64.1 Å². The van der Waals surface area contributed by atoms with E-state index >= 15 is 4.39 Å². The summed E-state index contributed by atoms with van der Waals surface area (Å²) in [6, 6.07) is 8.40. The SMILES string of the molecule is N#C[C@H](Cc1ccc(N2C3CCC2CN(C2COC2)C3)cc1F)NC(=O)[C@H]1N[C@@H]2CC[C@H]1C2. The van der Waals surface area contributed by atoms with E-state index in [0.29, 0.717) is 35.6 Å². The predicted octanol–water partition coefficient (Wildman–Crippen LogP) is 1.57. The van der Waals surface area contributed by atoms with Gasteiger partial charge in [-0.15, -0.1) is 0 Å². The molecule has 176 valence electrons. The van der Waals surface area contributed by atoms with Gasteiger partial charge in [0.15, 0.2) is 0 Å². The lowest BCUT2D eigenvalue weighted by molar-refractivity contribution is -0.124. The van der Waals surface area contributed by atoms with Gasteiger partial charge in [0.05, 0.1) is 31.4 Å². The highest BCUT2D eigenvalue weighted by molar-refractivity contribution is 5.83. The van der Waals surface area contributed by atoms with Gasteiger partial charge in [0.25, 0.3) is 0 Å². The number of nitriles is 1. The van der Waals surface area contributed by atoms with Crippen molar-refractivity contribution in [3.8, 4) is 6.07 Å². The number of nitrogens with zero attached hydrogens (tertiary/aromatic N) is 3. The summed E-state index contributed by atoms with van der Waals surface area (Å²) in [5.74, 6) is -0.0654. The van der Waals surface area contributed by atoms with Gasteiger partial charge in [-0.1, -0.05) is 6.07 Å². The molecule has 4 heterocycles. The van der Waals surface area contributed by atoms with E-state index in [2.05, 4.69) is 26.5 Å². The van der Waals surface area contributed by atoms with Gasteiger partial charge in [-0.3, -0.25) is 9.69 Å². The van der Waals surface area contributed by atoms with E-state index in [1.807, 2.05) is 6.07 Å². The van der Waals surface area contributed by atoms with Crippen LogP contribution in [0.2, 0.25) is 0 Å². The maximum atomic E-state index is 15.1. The molecule has 5 fully saturated rings. The molecule has 1 aromatic carbocycles. The molecule has 4 bridgehead atoms. The van der Waals surface area contributed by atoms with Crippen molar-refractivity contribution in [1.82, 2.24) is 15.5 Å². The van der Waals surface area contributed by atoms with E-state index in [1.165, 1.54) is 0 Å². The second-order valence-electron chi connectivity index (χ2n) is 10.5. The largest absolute Gasteiger partial charge is 0.378 e. The van der Waals surface area contributed by atoms with Crippen molar-refractivity contribution >= 4 is 11.6 Å². The quantitative estimate of drug-likeness (QED) is 0.681.